The van der Waals surface area contributed by atoms with Crippen LogP contribution in [0.1, 0.15) is 35.4 Å². The van der Waals surface area contributed by atoms with Crippen molar-refractivity contribution in [3.8, 4) is 28.0 Å². The van der Waals surface area contributed by atoms with Gasteiger partial charge in [0, 0.05) is 28.5 Å². The van der Waals surface area contributed by atoms with Crippen LogP contribution in [0.25, 0.3) is 22.3 Å². The molecular weight excluding hydrogens is 594 g/mol. The van der Waals surface area contributed by atoms with Gasteiger partial charge in [-0.25, -0.2) is 10.2 Å². The Morgan fingerprint density at radius 2 is 1.91 bits per heavy atom. The normalized spacial score (nSPS) is 12.7. The first-order valence-corrected chi connectivity index (χ1v) is 13.0. The molecule has 1 atom stereocenters. The van der Waals surface area contributed by atoms with Crippen LogP contribution < -0.4 is 31.8 Å². The molecule has 2 aromatic heterocycles. The van der Waals surface area contributed by atoms with Gasteiger partial charge in [-0.2, -0.15) is 23.0 Å². The Balaban J connectivity index is 1.76. The van der Waals surface area contributed by atoms with Gasteiger partial charge < -0.3 is 21.4 Å². The number of benzene rings is 2. The van der Waals surface area contributed by atoms with E-state index < -0.39 is 29.6 Å². The maximum absolute atomic E-state index is 14.3. The fraction of sp³-hybridized carbons (Fsp3) is 0.179. The molecule has 15 heteroatoms. The van der Waals surface area contributed by atoms with Gasteiger partial charge in [-0.15, -0.1) is 0 Å². The minimum atomic E-state index is -4.82. The lowest BCUT2D eigenvalue weighted by molar-refractivity contribution is -0.615. The summed E-state index contributed by atoms with van der Waals surface area (Å²) in [5, 5.41) is 18.7. The number of alkyl halides is 3. The molecule has 0 bridgehead atoms. The topological polar surface area (TPSA) is 152 Å². The summed E-state index contributed by atoms with van der Waals surface area (Å²) in [4.78, 5) is 11.4. The fourth-order valence-corrected chi connectivity index (χ4v) is 4.64. The monoisotopic (exact) mass is 619 g/mol. The lowest BCUT2D eigenvalue weighted by Gasteiger charge is -2.22. The Kier molecular flexibility index (Phi) is 8.82. The number of ether oxygens (including phenoxy) is 1. The van der Waals surface area contributed by atoms with Gasteiger partial charge in [-0.05, 0) is 42.3 Å². The Labute approximate surface area is 248 Å². The highest BCUT2D eigenvalue weighted by Crippen LogP contribution is 2.39. The third-order valence-corrected chi connectivity index (χ3v) is 6.85. The molecule has 0 aliphatic carbocycles. The van der Waals surface area contributed by atoms with E-state index in [2.05, 4.69) is 5.10 Å². The molecule has 0 unspecified atom stereocenters. The smallest absolute Gasteiger partial charge is 0.432 e. The first kappa shape index (κ1) is 31.1. The number of hydrogen-bond donors (Lipinski definition) is 3. The van der Waals surface area contributed by atoms with E-state index in [1.54, 1.807) is 6.20 Å². The van der Waals surface area contributed by atoms with Gasteiger partial charge in [0.1, 0.15) is 23.3 Å². The lowest BCUT2D eigenvalue weighted by atomic mass is 10.0. The predicted molar refractivity (Wildman–Crippen MR) is 152 cm³/mol. The van der Waals surface area contributed by atoms with Crippen LogP contribution in [0.4, 0.5) is 23.2 Å². The zero-order valence-electron chi connectivity index (χ0n) is 22.8. The number of rotatable bonds is 9. The van der Waals surface area contributed by atoms with Crippen LogP contribution in [0, 0.1) is 11.0 Å². The van der Waals surface area contributed by atoms with E-state index in [1.807, 2.05) is 6.92 Å². The maximum atomic E-state index is 14.3. The minimum Gasteiger partial charge on any atom is -0.618 e. The van der Waals surface area contributed by atoms with Crippen LogP contribution in [0.3, 0.4) is 0 Å². The number of anilines is 1. The van der Waals surface area contributed by atoms with Crippen molar-refractivity contribution in [2.75, 3.05) is 12.1 Å². The van der Waals surface area contributed by atoms with Crippen LogP contribution in [0.5, 0.6) is 5.75 Å². The standard InChI is InChI=1S/C28H26ClF4N7O3/c1-3-22(39-12-16(11-37-39)15-4-6-18(27(35)41)21(30)8-15)24-10-25(43-2)20(13-40(24)42)19-9-17(29)5-7-23(19)38(36)14-26(34)28(31,32)33/h4-14,22H,3,34,36H2,1-2H3,(H2,35,41)/b26-14-/t22-/m1/s1. The number of primary amides is 1. The zero-order valence-corrected chi connectivity index (χ0v) is 23.5. The highest BCUT2D eigenvalue weighted by atomic mass is 35.5. The number of halogens is 5. The third kappa shape index (κ3) is 6.49. The molecule has 2 aromatic carbocycles. The van der Waals surface area contributed by atoms with Gasteiger partial charge in [-0.1, -0.05) is 24.6 Å². The molecule has 0 fully saturated rings. The summed E-state index contributed by atoms with van der Waals surface area (Å²) >= 11 is 6.19. The van der Waals surface area contributed by atoms with Crippen LogP contribution in [0.2, 0.25) is 5.02 Å². The Morgan fingerprint density at radius 3 is 2.51 bits per heavy atom. The second kappa shape index (κ2) is 12.2. The summed E-state index contributed by atoms with van der Waals surface area (Å²) in [6.07, 6.45) is 0.390. The number of amides is 1. The van der Waals surface area contributed by atoms with E-state index >= 15 is 0 Å². The van der Waals surface area contributed by atoms with Crippen molar-refractivity contribution in [1.29, 1.82) is 0 Å². The number of allylic oxidation sites excluding steroid dienone is 1. The van der Waals surface area contributed by atoms with Gasteiger partial charge in [0.2, 0.25) is 5.69 Å². The van der Waals surface area contributed by atoms with Crippen LogP contribution in [-0.4, -0.2) is 29.0 Å². The Morgan fingerprint density at radius 1 is 1.19 bits per heavy atom. The van der Waals surface area contributed by atoms with Crippen molar-refractivity contribution < 1.29 is 31.8 Å². The molecule has 0 saturated heterocycles. The van der Waals surface area contributed by atoms with Crippen molar-refractivity contribution in [2.45, 2.75) is 25.6 Å². The molecule has 10 nitrogen and oxygen atoms in total. The van der Waals surface area contributed by atoms with Crippen LogP contribution in [-0.2, 0) is 0 Å². The van der Waals surface area contributed by atoms with Gasteiger partial charge in [0.05, 0.1) is 36.2 Å². The first-order valence-electron chi connectivity index (χ1n) is 12.6. The average molecular weight is 620 g/mol. The molecule has 6 N–H and O–H groups in total. The molecule has 43 heavy (non-hydrogen) atoms. The number of methoxy groups -OCH3 is 1. The van der Waals surface area contributed by atoms with Gasteiger partial charge in [0.25, 0.3) is 5.91 Å². The van der Waals surface area contributed by atoms with Crippen LogP contribution >= 0.6 is 11.6 Å². The molecule has 0 radical (unpaired) electrons. The molecule has 2 heterocycles. The minimum absolute atomic E-state index is 0.0565. The van der Waals surface area contributed by atoms with E-state index in [0.717, 1.165) is 6.07 Å². The van der Waals surface area contributed by atoms with Gasteiger partial charge in [0.15, 0.2) is 6.20 Å². The Bertz CT molecular complexity index is 1710. The second-order valence-electron chi connectivity index (χ2n) is 9.35. The summed E-state index contributed by atoms with van der Waals surface area (Å²) in [7, 11) is 1.36. The first-order chi connectivity index (χ1) is 20.2. The summed E-state index contributed by atoms with van der Waals surface area (Å²) in [5.41, 5.74) is 10.3. The van der Waals surface area contributed by atoms with Crippen molar-refractivity contribution in [3.63, 3.8) is 0 Å². The summed E-state index contributed by atoms with van der Waals surface area (Å²) in [5.74, 6) is 4.44. The number of hydrogen-bond acceptors (Lipinski definition) is 7. The molecule has 0 aliphatic rings. The van der Waals surface area contributed by atoms with E-state index in [0.29, 0.717) is 33.5 Å². The van der Waals surface area contributed by atoms with Crippen molar-refractivity contribution in [1.82, 2.24) is 9.78 Å². The number of hydrazine groups is 1. The van der Waals surface area contributed by atoms with E-state index in [1.165, 1.54) is 60.6 Å². The van der Waals surface area contributed by atoms with Crippen molar-refractivity contribution in [2.24, 2.45) is 17.3 Å². The number of carbonyl (C=O) groups excluding carboxylic acids is 1. The third-order valence-electron chi connectivity index (χ3n) is 6.61. The number of nitrogens with zero attached hydrogens (tertiary/aromatic N) is 4. The fourth-order valence-electron chi connectivity index (χ4n) is 4.47. The summed E-state index contributed by atoms with van der Waals surface area (Å²) < 4.78 is 61.1. The average Bonchev–Trinajstić information content (AvgIpc) is 3.43. The van der Waals surface area contributed by atoms with E-state index in [9.17, 15) is 27.6 Å². The highest BCUT2D eigenvalue weighted by Gasteiger charge is 2.32. The SMILES string of the molecule is CC[C@H](c1cc(OC)c(-c2cc(Cl)ccc2N(N)/C=C(\N)C(F)(F)F)c[n+]1[O-])n1cc(-c2ccc(C(N)=O)c(F)c2)cn1. The molecule has 0 aliphatic heterocycles. The second-order valence-corrected chi connectivity index (χ2v) is 9.79. The zero-order chi connectivity index (χ0) is 31.6. The largest absolute Gasteiger partial charge is 0.618 e. The molecule has 226 valence electrons. The maximum Gasteiger partial charge on any atom is 0.432 e. The predicted octanol–water partition coefficient (Wildman–Crippen LogP) is 4.79. The molecular formula is C28H26ClF4N7O3. The Hall–Kier alpha value is -4.82. The van der Waals surface area contributed by atoms with Gasteiger partial charge >= 0.3 is 6.18 Å². The van der Waals surface area contributed by atoms with Crippen molar-refractivity contribution >= 4 is 23.2 Å². The van der Waals surface area contributed by atoms with Crippen molar-refractivity contribution in [3.05, 3.63) is 100 Å². The molecule has 1 amide bonds. The molecule has 4 rings (SSSR count). The highest BCUT2D eigenvalue weighted by molar-refractivity contribution is 6.31. The lowest BCUT2D eigenvalue weighted by Crippen LogP contribution is -2.35. The van der Waals surface area contributed by atoms with Crippen LogP contribution in [0.15, 0.2) is 73.0 Å². The number of nitrogens with two attached hydrogens (primary N) is 3. The van der Waals surface area contributed by atoms with E-state index in [-0.39, 0.29) is 38.8 Å². The number of carbonyl (C=O) groups is 1. The van der Waals surface area contributed by atoms with Gasteiger partial charge in [-0.3, -0.25) is 14.5 Å². The molecule has 0 spiro atoms. The number of aromatic nitrogens is 3. The number of pyridine rings is 1. The van der Waals surface area contributed by atoms with E-state index in [4.69, 9.17) is 33.6 Å². The quantitative estimate of drug-likeness (QED) is 0.0800. The molecule has 4 aromatic rings. The molecule has 0 saturated carbocycles. The summed E-state index contributed by atoms with van der Waals surface area (Å²) in [6, 6.07) is 9.04. The summed E-state index contributed by atoms with van der Waals surface area (Å²) in [6.45, 7) is 1.83.